The summed E-state index contributed by atoms with van der Waals surface area (Å²) in [6.07, 6.45) is 0. The number of hydrogen-bond acceptors (Lipinski definition) is 5. The van der Waals surface area contributed by atoms with E-state index in [1.54, 1.807) is 23.9 Å². The summed E-state index contributed by atoms with van der Waals surface area (Å²) >= 11 is 5.00. The molecule has 0 atom stereocenters. The highest BCUT2D eigenvalue weighted by atomic mass is 79.9. The lowest BCUT2D eigenvalue weighted by Gasteiger charge is -2.05. The number of anilines is 1. The summed E-state index contributed by atoms with van der Waals surface area (Å²) in [5.41, 5.74) is 3.51. The number of hydrazine groups is 1. The van der Waals surface area contributed by atoms with Gasteiger partial charge in [-0.25, -0.2) is 0 Å². The number of nitro groups is 1. The largest absolute Gasteiger partial charge is 0.318 e. The fraction of sp³-hybridized carbons (Fsp3) is 0.0769. The van der Waals surface area contributed by atoms with Gasteiger partial charge in [0.1, 0.15) is 5.69 Å². The molecule has 0 fully saturated rings. The first kappa shape index (κ1) is 14.8. The molecule has 2 rings (SSSR count). The number of hydrogen-bond donors (Lipinski definition) is 2. The lowest BCUT2D eigenvalue weighted by molar-refractivity contribution is -0.384. The number of nitrogens with zero attached hydrogens (tertiary/aromatic N) is 1. The molecular weight excluding hydrogens is 342 g/mol. The van der Waals surface area contributed by atoms with Crippen molar-refractivity contribution < 1.29 is 4.92 Å². The third-order valence-electron chi connectivity index (χ3n) is 2.63. The molecular formula is C13H12BrN3O2S. The number of nitrogens with two attached hydrogens (primary N) is 1. The summed E-state index contributed by atoms with van der Waals surface area (Å²) < 4.78 is 1.02. The average molecular weight is 354 g/mol. The second kappa shape index (κ2) is 6.74. The van der Waals surface area contributed by atoms with Crippen LogP contribution in [0.2, 0.25) is 0 Å². The molecule has 0 unspecified atom stereocenters. The van der Waals surface area contributed by atoms with Crippen molar-refractivity contribution in [2.24, 2.45) is 5.84 Å². The zero-order valence-electron chi connectivity index (χ0n) is 10.4. The monoisotopic (exact) mass is 353 g/mol. The number of nitro benzene ring substituents is 1. The molecule has 0 saturated heterocycles. The average Bonchev–Trinajstić information content (AvgIpc) is 2.46. The van der Waals surface area contributed by atoms with E-state index >= 15 is 0 Å². The highest BCUT2D eigenvalue weighted by Crippen LogP contribution is 2.29. The molecule has 7 heteroatoms. The van der Waals surface area contributed by atoms with Crippen LogP contribution in [0.1, 0.15) is 5.56 Å². The van der Waals surface area contributed by atoms with Gasteiger partial charge in [0.2, 0.25) is 0 Å². The first-order valence-corrected chi connectivity index (χ1v) is 7.50. The van der Waals surface area contributed by atoms with Gasteiger partial charge >= 0.3 is 0 Å². The van der Waals surface area contributed by atoms with Crippen molar-refractivity contribution >= 4 is 39.1 Å². The van der Waals surface area contributed by atoms with Crippen molar-refractivity contribution in [3.63, 3.8) is 0 Å². The normalized spacial score (nSPS) is 10.3. The Morgan fingerprint density at radius 2 is 1.95 bits per heavy atom. The number of thioether (sulfide) groups is 1. The van der Waals surface area contributed by atoms with Crippen molar-refractivity contribution in [1.29, 1.82) is 0 Å². The van der Waals surface area contributed by atoms with Crippen LogP contribution in [0, 0.1) is 10.1 Å². The minimum absolute atomic E-state index is 0.0126. The van der Waals surface area contributed by atoms with Gasteiger partial charge in [-0.2, -0.15) is 0 Å². The van der Waals surface area contributed by atoms with E-state index < -0.39 is 4.92 Å². The minimum Gasteiger partial charge on any atom is -0.318 e. The lowest BCUT2D eigenvalue weighted by Crippen LogP contribution is -2.09. The molecule has 0 bridgehead atoms. The summed E-state index contributed by atoms with van der Waals surface area (Å²) in [4.78, 5) is 11.6. The van der Waals surface area contributed by atoms with E-state index in [9.17, 15) is 10.1 Å². The molecule has 0 aliphatic carbocycles. The molecule has 0 aromatic heterocycles. The lowest BCUT2D eigenvalue weighted by atomic mass is 10.2. The van der Waals surface area contributed by atoms with Crippen molar-refractivity contribution in [2.75, 3.05) is 5.43 Å². The van der Waals surface area contributed by atoms with E-state index in [2.05, 4.69) is 21.4 Å². The Morgan fingerprint density at radius 1 is 1.25 bits per heavy atom. The second-order valence-corrected chi connectivity index (χ2v) is 5.96. The molecule has 0 amide bonds. The summed E-state index contributed by atoms with van der Waals surface area (Å²) in [5.74, 6) is 5.91. The Hall–Kier alpha value is -1.57. The van der Waals surface area contributed by atoms with Crippen LogP contribution in [0.5, 0.6) is 0 Å². The van der Waals surface area contributed by atoms with E-state index in [0.29, 0.717) is 11.4 Å². The minimum atomic E-state index is -0.441. The predicted octanol–water partition coefficient (Wildman–Crippen LogP) is 3.94. The smallest absolute Gasteiger partial charge is 0.293 e. The second-order valence-electron chi connectivity index (χ2n) is 4.00. The maximum atomic E-state index is 10.9. The van der Waals surface area contributed by atoms with Crippen molar-refractivity contribution in [1.82, 2.24) is 0 Å². The van der Waals surface area contributed by atoms with Crippen LogP contribution in [-0.4, -0.2) is 4.92 Å². The predicted molar refractivity (Wildman–Crippen MR) is 84.6 cm³/mol. The third-order valence-corrected chi connectivity index (χ3v) is 4.25. The van der Waals surface area contributed by atoms with E-state index in [0.717, 1.165) is 14.9 Å². The maximum absolute atomic E-state index is 10.9. The van der Waals surface area contributed by atoms with E-state index in [4.69, 9.17) is 5.84 Å². The Bertz CT molecular complexity index is 620. The van der Waals surface area contributed by atoms with Gasteiger partial charge < -0.3 is 5.43 Å². The molecule has 3 N–H and O–H groups in total. The van der Waals surface area contributed by atoms with Gasteiger partial charge in [0.05, 0.1) is 4.92 Å². The first-order chi connectivity index (χ1) is 9.60. The molecule has 0 saturated carbocycles. The van der Waals surface area contributed by atoms with Gasteiger partial charge in [-0.05, 0) is 35.9 Å². The van der Waals surface area contributed by atoms with Gasteiger partial charge in [-0.15, -0.1) is 11.8 Å². The Balaban J connectivity index is 2.11. The van der Waals surface area contributed by atoms with Gasteiger partial charge in [0, 0.05) is 21.2 Å². The number of rotatable bonds is 5. The molecule has 0 heterocycles. The molecule has 104 valence electrons. The highest BCUT2D eigenvalue weighted by Gasteiger charge is 2.13. The highest BCUT2D eigenvalue weighted by molar-refractivity contribution is 9.10. The van der Waals surface area contributed by atoms with Crippen LogP contribution < -0.4 is 11.3 Å². The van der Waals surface area contributed by atoms with Gasteiger partial charge in [-0.1, -0.05) is 22.0 Å². The van der Waals surface area contributed by atoms with Crippen LogP contribution in [0.3, 0.4) is 0 Å². The summed E-state index contributed by atoms with van der Waals surface area (Å²) in [6.45, 7) is 0. The SMILES string of the molecule is NNc1ccc(CSc2ccc(Br)cc2)cc1[N+](=O)[O-]. The maximum Gasteiger partial charge on any atom is 0.293 e. The molecule has 2 aromatic rings. The number of nitrogens with one attached hydrogen (secondary N) is 1. The summed E-state index contributed by atoms with van der Waals surface area (Å²) in [7, 11) is 0. The molecule has 0 radical (unpaired) electrons. The van der Waals surface area contributed by atoms with Crippen molar-refractivity contribution in [3.05, 3.63) is 62.6 Å². The van der Waals surface area contributed by atoms with Crippen LogP contribution in [0.4, 0.5) is 11.4 Å². The Morgan fingerprint density at radius 3 is 2.55 bits per heavy atom. The number of nitrogen functional groups attached to an aromatic ring is 1. The molecule has 5 nitrogen and oxygen atoms in total. The molecule has 20 heavy (non-hydrogen) atoms. The fourth-order valence-corrected chi connectivity index (χ4v) is 2.74. The Kier molecular flexibility index (Phi) is 4.99. The van der Waals surface area contributed by atoms with Crippen LogP contribution in [0.25, 0.3) is 0 Å². The van der Waals surface area contributed by atoms with Crippen molar-refractivity contribution in [2.45, 2.75) is 10.6 Å². The fourth-order valence-electron chi connectivity index (χ4n) is 1.64. The van der Waals surface area contributed by atoms with Crippen LogP contribution in [-0.2, 0) is 5.75 Å². The van der Waals surface area contributed by atoms with Gasteiger partial charge in [0.25, 0.3) is 5.69 Å². The van der Waals surface area contributed by atoms with Gasteiger partial charge in [0.15, 0.2) is 0 Å². The molecule has 0 spiro atoms. The van der Waals surface area contributed by atoms with E-state index in [1.807, 2.05) is 30.3 Å². The van der Waals surface area contributed by atoms with Gasteiger partial charge in [-0.3, -0.25) is 16.0 Å². The van der Waals surface area contributed by atoms with E-state index in [-0.39, 0.29) is 5.69 Å². The zero-order chi connectivity index (χ0) is 14.5. The van der Waals surface area contributed by atoms with Crippen molar-refractivity contribution in [3.8, 4) is 0 Å². The summed E-state index contributed by atoms with van der Waals surface area (Å²) in [6, 6.07) is 12.9. The molecule has 0 aliphatic rings. The van der Waals surface area contributed by atoms with Crippen LogP contribution in [0.15, 0.2) is 51.8 Å². The molecule has 0 aliphatic heterocycles. The standard InChI is InChI=1S/C13H12BrN3O2S/c14-10-2-4-11(5-3-10)20-8-9-1-6-12(16-15)13(7-9)17(18)19/h1-7,16H,8,15H2. The third kappa shape index (κ3) is 3.72. The zero-order valence-corrected chi connectivity index (χ0v) is 12.8. The molecule has 2 aromatic carbocycles. The number of benzene rings is 2. The summed E-state index contributed by atoms with van der Waals surface area (Å²) in [5, 5.41) is 10.9. The van der Waals surface area contributed by atoms with Crippen LogP contribution >= 0.6 is 27.7 Å². The first-order valence-electron chi connectivity index (χ1n) is 5.72. The van der Waals surface area contributed by atoms with E-state index in [1.165, 1.54) is 0 Å². The number of halogens is 1. The Labute approximate surface area is 128 Å². The quantitative estimate of drug-likeness (QED) is 0.368. The topological polar surface area (TPSA) is 81.2 Å².